The molecule has 2 aromatic rings. The molecule has 0 fully saturated rings. The van der Waals surface area contributed by atoms with E-state index in [0.717, 1.165) is 30.8 Å². The highest BCUT2D eigenvalue weighted by Gasteiger charge is 2.28. The molecule has 4 heteroatoms. The van der Waals surface area contributed by atoms with Gasteiger partial charge >= 0.3 is 0 Å². The van der Waals surface area contributed by atoms with Crippen molar-refractivity contribution in [3.63, 3.8) is 0 Å². The average Bonchev–Trinajstić information content (AvgIpc) is 2.94. The lowest BCUT2D eigenvalue weighted by Gasteiger charge is -2.25. The van der Waals surface area contributed by atoms with Gasteiger partial charge in [0.05, 0.1) is 5.92 Å². The number of Topliss-reactive ketones (excluding diaryl/α,β-unsaturated/α-hetero) is 1. The van der Waals surface area contributed by atoms with Crippen molar-refractivity contribution >= 4 is 5.78 Å². The zero-order valence-corrected chi connectivity index (χ0v) is 11.7. The van der Waals surface area contributed by atoms with Crippen molar-refractivity contribution in [2.45, 2.75) is 32.4 Å². The van der Waals surface area contributed by atoms with Crippen LogP contribution in [0.3, 0.4) is 0 Å². The molecule has 0 spiro atoms. The van der Waals surface area contributed by atoms with E-state index in [1.54, 1.807) is 6.20 Å². The summed E-state index contributed by atoms with van der Waals surface area (Å²) in [5.74, 6) is 0.0582. The molecule has 1 aliphatic rings. The number of rotatable bonds is 4. The summed E-state index contributed by atoms with van der Waals surface area (Å²) in [6.07, 6.45) is 2.69. The minimum absolute atomic E-state index is 0.104. The number of carbonyl (C=O) groups is 1. The number of nitrogens with zero attached hydrogens (tertiary/aromatic N) is 2. The van der Waals surface area contributed by atoms with Crippen LogP contribution in [0.15, 0.2) is 36.5 Å². The summed E-state index contributed by atoms with van der Waals surface area (Å²) in [4.78, 5) is 12.8. The molecule has 1 aromatic heterocycles. The minimum atomic E-state index is -0.104. The maximum Gasteiger partial charge on any atom is 0.189 e. The fourth-order valence-corrected chi connectivity index (χ4v) is 2.84. The molecule has 1 N–H and O–H groups in total. The van der Waals surface area contributed by atoms with Crippen LogP contribution in [-0.2, 0) is 13.1 Å². The van der Waals surface area contributed by atoms with E-state index in [4.69, 9.17) is 0 Å². The van der Waals surface area contributed by atoms with Gasteiger partial charge in [-0.2, -0.15) is 5.10 Å². The van der Waals surface area contributed by atoms with E-state index < -0.39 is 0 Å². The highest BCUT2D eigenvalue weighted by atomic mass is 16.1. The summed E-state index contributed by atoms with van der Waals surface area (Å²) in [5.41, 5.74) is 3.09. The fraction of sp³-hybridized carbons (Fsp3) is 0.375. The molecule has 1 aliphatic heterocycles. The molecule has 0 aliphatic carbocycles. The van der Waals surface area contributed by atoms with E-state index in [2.05, 4.69) is 29.5 Å². The van der Waals surface area contributed by atoms with Crippen molar-refractivity contribution in [2.24, 2.45) is 0 Å². The van der Waals surface area contributed by atoms with Gasteiger partial charge in [0.15, 0.2) is 5.78 Å². The second-order valence-corrected chi connectivity index (χ2v) is 5.19. The Hall–Kier alpha value is -1.94. The van der Waals surface area contributed by atoms with Gasteiger partial charge in [0, 0.05) is 25.8 Å². The summed E-state index contributed by atoms with van der Waals surface area (Å²) in [7, 11) is 0. The number of aromatic nitrogens is 2. The lowest BCUT2D eigenvalue weighted by molar-refractivity contribution is 0.0944. The Morgan fingerprint density at radius 2 is 2.25 bits per heavy atom. The largest absolute Gasteiger partial charge is 0.312 e. The lowest BCUT2D eigenvalue weighted by atomic mass is 9.86. The number of hydrogen-bond donors (Lipinski definition) is 1. The highest BCUT2D eigenvalue weighted by Crippen LogP contribution is 2.27. The van der Waals surface area contributed by atoms with E-state index in [0.29, 0.717) is 6.54 Å². The van der Waals surface area contributed by atoms with Crippen molar-refractivity contribution in [3.05, 3.63) is 53.3 Å². The first kappa shape index (κ1) is 13.1. The van der Waals surface area contributed by atoms with Crippen LogP contribution >= 0.6 is 0 Å². The fourth-order valence-electron chi connectivity index (χ4n) is 2.84. The third-order valence-corrected chi connectivity index (χ3v) is 3.82. The topological polar surface area (TPSA) is 46.9 Å². The standard InChI is InChI=1S/C16H19N3O/c1-2-9-19-15(7-8-18-19)16(20)14-11-17-10-12-5-3-4-6-13(12)14/h3-8,14,17H,2,9-11H2,1H3. The van der Waals surface area contributed by atoms with Gasteiger partial charge in [-0.15, -0.1) is 0 Å². The predicted molar refractivity (Wildman–Crippen MR) is 77.7 cm³/mol. The van der Waals surface area contributed by atoms with Crippen molar-refractivity contribution in [2.75, 3.05) is 6.54 Å². The third-order valence-electron chi connectivity index (χ3n) is 3.82. The summed E-state index contributed by atoms with van der Waals surface area (Å²) in [6.45, 7) is 4.42. The Morgan fingerprint density at radius 1 is 1.40 bits per heavy atom. The molecule has 0 bridgehead atoms. The Bertz CT molecular complexity index is 618. The maximum absolute atomic E-state index is 12.8. The first-order valence-corrected chi connectivity index (χ1v) is 7.15. The third kappa shape index (κ3) is 2.27. The van der Waals surface area contributed by atoms with Gasteiger partial charge in [0.2, 0.25) is 0 Å². The quantitative estimate of drug-likeness (QED) is 0.867. The SMILES string of the molecule is CCCn1nccc1C(=O)C1CNCc2ccccc21. The van der Waals surface area contributed by atoms with Crippen LogP contribution in [0.25, 0.3) is 0 Å². The molecular weight excluding hydrogens is 250 g/mol. The van der Waals surface area contributed by atoms with E-state index in [-0.39, 0.29) is 11.7 Å². The number of aryl methyl sites for hydroxylation is 1. The van der Waals surface area contributed by atoms with Crippen LogP contribution < -0.4 is 5.32 Å². The first-order chi connectivity index (χ1) is 9.81. The minimum Gasteiger partial charge on any atom is -0.312 e. The van der Waals surface area contributed by atoms with Gasteiger partial charge in [-0.3, -0.25) is 9.48 Å². The molecule has 0 saturated heterocycles. The molecule has 0 saturated carbocycles. The van der Waals surface area contributed by atoms with Gasteiger partial charge in [-0.05, 0) is 23.6 Å². The smallest absolute Gasteiger partial charge is 0.189 e. The zero-order valence-electron chi connectivity index (χ0n) is 11.7. The molecular formula is C16H19N3O. The van der Waals surface area contributed by atoms with Crippen LogP contribution in [0.1, 0.15) is 40.9 Å². The van der Waals surface area contributed by atoms with Crippen molar-refractivity contribution in [1.29, 1.82) is 0 Å². The molecule has 1 atom stereocenters. The van der Waals surface area contributed by atoms with Crippen molar-refractivity contribution in [3.8, 4) is 0 Å². The molecule has 4 nitrogen and oxygen atoms in total. The second-order valence-electron chi connectivity index (χ2n) is 5.19. The maximum atomic E-state index is 12.8. The summed E-state index contributed by atoms with van der Waals surface area (Å²) in [6, 6.07) is 10.0. The number of benzene rings is 1. The van der Waals surface area contributed by atoms with Crippen LogP contribution in [-0.4, -0.2) is 22.1 Å². The summed E-state index contributed by atoms with van der Waals surface area (Å²) >= 11 is 0. The molecule has 1 aromatic carbocycles. The monoisotopic (exact) mass is 269 g/mol. The molecule has 104 valence electrons. The van der Waals surface area contributed by atoms with E-state index >= 15 is 0 Å². The Labute approximate surface area is 118 Å². The van der Waals surface area contributed by atoms with Crippen LogP contribution in [0.4, 0.5) is 0 Å². The van der Waals surface area contributed by atoms with Gasteiger partial charge < -0.3 is 5.32 Å². The lowest BCUT2D eigenvalue weighted by Crippen LogP contribution is -2.33. The first-order valence-electron chi connectivity index (χ1n) is 7.15. The molecule has 3 rings (SSSR count). The van der Waals surface area contributed by atoms with Crippen molar-refractivity contribution < 1.29 is 4.79 Å². The predicted octanol–water partition coefficient (Wildman–Crippen LogP) is 2.36. The van der Waals surface area contributed by atoms with Gasteiger partial charge in [0.25, 0.3) is 0 Å². The van der Waals surface area contributed by atoms with E-state index in [9.17, 15) is 4.79 Å². The average molecular weight is 269 g/mol. The summed E-state index contributed by atoms with van der Waals surface area (Å²) in [5, 5.41) is 7.59. The number of nitrogens with one attached hydrogen (secondary N) is 1. The number of ketones is 1. The van der Waals surface area contributed by atoms with E-state index in [1.165, 1.54) is 5.56 Å². The Morgan fingerprint density at radius 3 is 3.10 bits per heavy atom. The van der Waals surface area contributed by atoms with Crippen LogP contribution in [0.5, 0.6) is 0 Å². The molecule has 1 unspecified atom stereocenters. The number of carbonyl (C=O) groups excluding carboxylic acids is 1. The highest BCUT2D eigenvalue weighted by molar-refractivity contribution is 6.00. The van der Waals surface area contributed by atoms with Crippen LogP contribution in [0.2, 0.25) is 0 Å². The molecule has 0 radical (unpaired) electrons. The normalized spacial score (nSPS) is 17.8. The molecule has 2 heterocycles. The van der Waals surface area contributed by atoms with Crippen LogP contribution in [0, 0.1) is 0 Å². The zero-order chi connectivity index (χ0) is 13.9. The van der Waals surface area contributed by atoms with Gasteiger partial charge in [-0.25, -0.2) is 0 Å². The second kappa shape index (κ2) is 5.59. The summed E-state index contributed by atoms with van der Waals surface area (Å²) < 4.78 is 1.82. The van der Waals surface area contributed by atoms with Gasteiger partial charge in [-0.1, -0.05) is 31.2 Å². The van der Waals surface area contributed by atoms with Gasteiger partial charge in [0.1, 0.15) is 5.69 Å². The Balaban J connectivity index is 1.94. The van der Waals surface area contributed by atoms with E-state index in [1.807, 2.05) is 22.9 Å². The molecule has 20 heavy (non-hydrogen) atoms. The Kier molecular flexibility index (Phi) is 3.65. The number of hydrogen-bond acceptors (Lipinski definition) is 3. The molecule has 0 amide bonds. The van der Waals surface area contributed by atoms with Crippen molar-refractivity contribution in [1.82, 2.24) is 15.1 Å². The number of fused-ring (bicyclic) bond motifs is 1.